The first-order chi connectivity index (χ1) is 7.75. The SMILES string of the molecule is C=C(N)c1ccc(NCC2CCCO2)cc1. The van der Waals surface area contributed by atoms with Gasteiger partial charge in [0.1, 0.15) is 0 Å². The van der Waals surface area contributed by atoms with Crippen molar-refractivity contribution in [3.05, 3.63) is 36.4 Å². The zero-order valence-electron chi connectivity index (χ0n) is 9.41. The van der Waals surface area contributed by atoms with E-state index in [0.29, 0.717) is 11.8 Å². The number of hydrogen-bond acceptors (Lipinski definition) is 3. The predicted molar refractivity (Wildman–Crippen MR) is 67.1 cm³/mol. The minimum Gasteiger partial charge on any atom is -0.399 e. The highest BCUT2D eigenvalue weighted by Gasteiger charge is 2.14. The van der Waals surface area contributed by atoms with Gasteiger partial charge in [-0.1, -0.05) is 18.7 Å². The lowest BCUT2D eigenvalue weighted by Gasteiger charge is -2.12. The summed E-state index contributed by atoms with van der Waals surface area (Å²) < 4.78 is 5.54. The molecular weight excluding hydrogens is 200 g/mol. The Bertz CT molecular complexity index is 353. The van der Waals surface area contributed by atoms with Crippen LogP contribution in [0.3, 0.4) is 0 Å². The smallest absolute Gasteiger partial charge is 0.0748 e. The zero-order valence-corrected chi connectivity index (χ0v) is 9.41. The van der Waals surface area contributed by atoms with Gasteiger partial charge in [-0.15, -0.1) is 0 Å². The van der Waals surface area contributed by atoms with Crippen LogP contribution >= 0.6 is 0 Å². The highest BCUT2D eigenvalue weighted by Crippen LogP contribution is 2.15. The Hall–Kier alpha value is -1.48. The first-order valence-corrected chi connectivity index (χ1v) is 5.66. The summed E-state index contributed by atoms with van der Waals surface area (Å²) >= 11 is 0. The van der Waals surface area contributed by atoms with Gasteiger partial charge in [0.05, 0.1) is 6.10 Å². The molecule has 3 N–H and O–H groups in total. The Balaban J connectivity index is 1.87. The molecule has 1 saturated heterocycles. The highest BCUT2D eigenvalue weighted by atomic mass is 16.5. The van der Waals surface area contributed by atoms with Crippen molar-refractivity contribution in [1.82, 2.24) is 0 Å². The zero-order chi connectivity index (χ0) is 11.4. The fraction of sp³-hybridized carbons (Fsp3) is 0.385. The molecule has 0 saturated carbocycles. The number of hydrogen-bond donors (Lipinski definition) is 2. The lowest BCUT2D eigenvalue weighted by atomic mass is 10.1. The summed E-state index contributed by atoms with van der Waals surface area (Å²) in [5.74, 6) is 0. The lowest BCUT2D eigenvalue weighted by molar-refractivity contribution is 0.120. The molecule has 2 rings (SSSR count). The summed E-state index contributed by atoms with van der Waals surface area (Å²) in [7, 11) is 0. The van der Waals surface area contributed by atoms with E-state index in [4.69, 9.17) is 10.5 Å². The molecule has 0 spiro atoms. The van der Waals surface area contributed by atoms with Crippen LogP contribution < -0.4 is 11.1 Å². The molecule has 3 nitrogen and oxygen atoms in total. The van der Waals surface area contributed by atoms with Gasteiger partial charge in [0.25, 0.3) is 0 Å². The van der Waals surface area contributed by atoms with Crippen LogP contribution in [0.2, 0.25) is 0 Å². The second-order valence-electron chi connectivity index (χ2n) is 4.12. The highest BCUT2D eigenvalue weighted by molar-refractivity contribution is 5.62. The molecule has 0 amide bonds. The van der Waals surface area contributed by atoms with Crippen molar-refractivity contribution >= 4 is 11.4 Å². The Morgan fingerprint density at radius 3 is 2.75 bits per heavy atom. The maximum Gasteiger partial charge on any atom is 0.0748 e. The van der Waals surface area contributed by atoms with Crippen LogP contribution in [0.25, 0.3) is 5.70 Å². The Labute approximate surface area is 96.3 Å². The molecule has 1 aromatic rings. The van der Waals surface area contributed by atoms with Crippen LogP contribution in [-0.2, 0) is 4.74 Å². The fourth-order valence-electron chi connectivity index (χ4n) is 1.84. The number of nitrogens with two attached hydrogens (primary N) is 1. The van der Waals surface area contributed by atoms with Crippen LogP contribution in [0.15, 0.2) is 30.8 Å². The summed E-state index contributed by atoms with van der Waals surface area (Å²) in [6.07, 6.45) is 2.70. The molecular formula is C13H18N2O. The number of nitrogens with one attached hydrogen (secondary N) is 1. The molecule has 3 heteroatoms. The van der Waals surface area contributed by atoms with Crippen molar-refractivity contribution < 1.29 is 4.74 Å². The van der Waals surface area contributed by atoms with E-state index >= 15 is 0 Å². The third kappa shape index (κ3) is 2.76. The van der Waals surface area contributed by atoms with Crippen molar-refractivity contribution in [1.29, 1.82) is 0 Å². The van der Waals surface area contributed by atoms with Crippen molar-refractivity contribution in [2.24, 2.45) is 5.73 Å². The Morgan fingerprint density at radius 2 is 2.19 bits per heavy atom. The van der Waals surface area contributed by atoms with E-state index < -0.39 is 0 Å². The number of rotatable bonds is 4. The van der Waals surface area contributed by atoms with E-state index in [9.17, 15) is 0 Å². The maximum atomic E-state index is 5.60. The van der Waals surface area contributed by atoms with E-state index in [-0.39, 0.29) is 0 Å². The molecule has 0 aromatic heterocycles. The van der Waals surface area contributed by atoms with Gasteiger partial charge >= 0.3 is 0 Å². The molecule has 1 fully saturated rings. The third-order valence-corrected chi connectivity index (χ3v) is 2.81. The van der Waals surface area contributed by atoms with Gasteiger partial charge < -0.3 is 15.8 Å². The van der Waals surface area contributed by atoms with Crippen LogP contribution in [-0.4, -0.2) is 19.3 Å². The fourth-order valence-corrected chi connectivity index (χ4v) is 1.84. The van der Waals surface area contributed by atoms with E-state index in [2.05, 4.69) is 11.9 Å². The molecule has 1 aliphatic rings. The lowest BCUT2D eigenvalue weighted by Crippen LogP contribution is -2.18. The van der Waals surface area contributed by atoms with Crippen molar-refractivity contribution in [2.45, 2.75) is 18.9 Å². The second kappa shape index (κ2) is 5.03. The summed E-state index contributed by atoms with van der Waals surface area (Å²) in [6.45, 7) is 5.48. The molecule has 1 heterocycles. The molecule has 0 radical (unpaired) electrons. The van der Waals surface area contributed by atoms with Gasteiger partial charge in [-0.3, -0.25) is 0 Å². The van der Waals surface area contributed by atoms with E-state index in [1.807, 2.05) is 24.3 Å². The summed E-state index contributed by atoms with van der Waals surface area (Å²) in [6, 6.07) is 7.98. The van der Waals surface area contributed by atoms with Gasteiger partial charge in [0.15, 0.2) is 0 Å². The first-order valence-electron chi connectivity index (χ1n) is 5.66. The molecule has 0 aliphatic carbocycles. The minimum absolute atomic E-state index is 0.365. The molecule has 16 heavy (non-hydrogen) atoms. The van der Waals surface area contributed by atoms with Gasteiger partial charge in [0, 0.05) is 24.5 Å². The van der Waals surface area contributed by atoms with Crippen molar-refractivity contribution in [2.75, 3.05) is 18.5 Å². The average Bonchev–Trinajstić information content (AvgIpc) is 2.80. The molecule has 1 unspecified atom stereocenters. The first kappa shape index (κ1) is 11.0. The molecule has 1 aromatic carbocycles. The van der Waals surface area contributed by atoms with E-state index in [1.165, 1.54) is 6.42 Å². The summed E-state index contributed by atoms with van der Waals surface area (Å²) in [5, 5.41) is 3.36. The number of benzene rings is 1. The van der Waals surface area contributed by atoms with Gasteiger partial charge in [-0.2, -0.15) is 0 Å². The normalized spacial score (nSPS) is 19.6. The topological polar surface area (TPSA) is 47.3 Å². The molecule has 1 atom stereocenters. The molecule has 86 valence electrons. The largest absolute Gasteiger partial charge is 0.399 e. The van der Waals surface area contributed by atoms with Crippen LogP contribution in [0.1, 0.15) is 18.4 Å². The van der Waals surface area contributed by atoms with Crippen LogP contribution in [0.5, 0.6) is 0 Å². The van der Waals surface area contributed by atoms with Crippen molar-refractivity contribution in [3.8, 4) is 0 Å². The third-order valence-electron chi connectivity index (χ3n) is 2.81. The van der Waals surface area contributed by atoms with Gasteiger partial charge in [-0.25, -0.2) is 0 Å². The van der Waals surface area contributed by atoms with Gasteiger partial charge in [-0.05, 0) is 30.5 Å². The standard InChI is InChI=1S/C13H18N2O/c1-10(14)11-4-6-12(7-5-11)15-9-13-3-2-8-16-13/h4-7,13,15H,1-3,8-9,14H2. The quantitative estimate of drug-likeness (QED) is 0.814. The Morgan fingerprint density at radius 1 is 1.44 bits per heavy atom. The van der Waals surface area contributed by atoms with Crippen LogP contribution in [0.4, 0.5) is 5.69 Å². The average molecular weight is 218 g/mol. The van der Waals surface area contributed by atoms with E-state index in [0.717, 1.165) is 30.8 Å². The van der Waals surface area contributed by atoms with Gasteiger partial charge in [0.2, 0.25) is 0 Å². The molecule has 0 bridgehead atoms. The number of ether oxygens (including phenoxy) is 1. The Kier molecular flexibility index (Phi) is 3.47. The predicted octanol–water partition coefficient (Wildman–Crippen LogP) is 2.21. The maximum absolute atomic E-state index is 5.60. The number of anilines is 1. The van der Waals surface area contributed by atoms with Crippen LogP contribution in [0, 0.1) is 0 Å². The summed E-state index contributed by atoms with van der Waals surface area (Å²) in [5.41, 5.74) is 8.28. The van der Waals surface area contributed by atoms with E-state index in [1.54, 1.807) is 0 Å². The second-order valence-corrected chi connectivity index (χ2v) is 4.12. The van der Waals surface area contributed by atoms with Crippen molar-refractivity contribution in [3.63, 3.8) is 0 Å². The minimum atomic E-state index is 0.365. The summed E-state index contributed by atoms with van der Waals surface area (Å²) in [4.78, 5) is 0. The monoisotopic (exact) mass is 218 g/mol. The molecule has 1 aliphatic heterocycles.